The smallest absolute Gasteiger partial charge is 0.243 e. The minimum atomic E-state index is -3.54. The average molecular weight is 508 g/mol. The molecule has 0 bridgehead atoms. The van der Waals surface area contributed by atoms with E-state index in [0.717, 1.165) is 15.6 Å². The van der Waals surface area contributed by atoms with E-state index in [1.54, 1.807) is 16.4 Å². The fourth-order valence-electron chi connectivity index (χ4n) is 3.42. The molecule has 26 heavy (non-hydrogen) atoms. The number of aryl methyl sites for hydroxylation is 1. The number of sulfonamides is 1. The molecule has 0 aliphatic carbocycles. The van der Waals surface area contributed by atoms with Crippen LogP contribution in [-0.2, 0) is 14.4 Å². The minimum Gasteiger partial charge on any atom is -0.414 e. The van der Waals surface area contributed by atoms with Crippen LogP contribution in [0, 0.1) is 12.8 Å². The third-order valence-electron chi connectivity index (χ3n) is 4.72. The summed E-state index contributed by atoms with van der Waals surface area (Å²) in [5, 5.41) is 0. The maximum absolute atomic E-state index is 13.3. The summed E-state index contributed by atoms with van der Waals surface area (Å²) in [6.07, 6.45) is 2.84. The molecule has 1 heterocycles. The van der Waals surface area contributed by atoms with Crippen LogP contribution in [0.4, 0.5) is 0 Å². The van der Waals surface area contributed by atoms with Crippen molar-refractivity contribution in [1.29, 1.82) is 0 Å². The lowest BCUT2D eigenvalue weighted by Gasteiger charge is -2.45. The molecule has 0 saturated carbocycles. The number of hydrogen-bond donors (Lipinski definition) is 0. The molecule has 0 amide bonds. The molecule has 1 fully saturated rings. The molecule has 0 spiro atoms. The van der Waals surface area contributed by atoms with Crippen molar-refractivity contribution in [2.45, 2.75) is 63.9 Å². The molecule has 0 aromatic heterocycles. The van der Waals surface area contributed by atoms with E-state index >= 15 is 0 Å². The Morgan fingerprint density at radius 3 is 2.35 bits per heavy atom. The third kappa shape index (κ3) is 4.98. The van der Waals surface area contributed by atoms with Gasteiger partial charge in [-0.2, -0.15) is 4.31 Å². The van der Waals surface area contributed by atoms with Gasteiger partial charge in [0.1, 0.15) is 0 Å². The van der Waals surface area contributed by atoms with Crippen LogP contribution in [0.5, 0.6) is 0 Å². The molecule has 0 radical (unpaired) electrons. The predicted octanol–water partition coefficient (Wildman–Crippen LogP) is 4.95. The summed E-state index contributed by atoms with van der Waals surface area (Å²) in [7, 11) is -5.23. The van der Waals surface area contributed by atoms with Gasteiger partial charge >= 0.3 is 0 Å². The molecule has 7 heteroatoms. The number of allylic oxidation sites excluding steroid dienone is 1. The van der Waals surface area contributed by atoms with Crippen molar-refractivity contribution in [2.75, 3.05) is 6.54 Å². The van der Waals surface area contributed by atoms with E-state index in [2.05, 4.69) is 49.2 Å². The fourth-order valence-corrected chi connectivity index (χ4v) is 7.45. The Kier molecular flexibility index (Phi) is 7.15. The standard InChI is InChI=1S/C19H30INO3SSi/c1-7-17(20)19-15(3)18(24-26(4,5)6)12-13-21(19)25(22,23)16-10-8-14(2)9-11-16/h7-11,15,18-19H,12-13H2,1-6H3/b17-7-/t15-,18+,19-/m1/s1. The first-order valence-corrected chi connectivity index (χ1v) is 15.0. The van der Waals surface area contributed by atoms with Crippen molar-refractivity contribution in [3.05, 3.63) is 39.5 Å². The summed E-state index contributed by atoms with van der Waals surface area (Å²) < 4.78 is 35.8. The van der Waals surface area contributed by atoms with E-state index in [1.807, 2.05) is 32.1 Å². The van der Waals surface area contributed by atoms with Crippen molar-refractivity contribution in [3.63, 3.8) is 0 Å². The second kappa shape index (κ2) is 8.42. The van der Waals surface area contributed by atoms with Crippen molar-refractivity contribution in [2.24, 2.45) is 5.92 Å². The van der Waals surface area contributed by atoms with Crippen molar-refractivity contribution < 1.29 is 12.8 Å². The average Bonchev–Trinajstić information content (AvgIpc) is 2.55. The van der Waals surface area contributed by atoms with Gasteiger partial charge in [0, 0.05) is 16.0 Å². The first kappa shape index (κ1) is 22.1. The van der Waals surface area contributed by atoms with Crippen LogP contribution in [-0.4, -0.2) is 39.7 Å². The lowest BCUT2D eigenvalue weighted by Crippen LogP contribution is -2.54. The molecule has 1 aliphatic heterocycles. The van der Waals surface area contributed by atoms with Gasteiger partial charge in [0.15, 0.2) is 8.32 Å². The zero-order valence-electron chi connectivity index (χ0n) is 16.5. The Labute approximate surface area is 173 Å². The first-order chi connectivity index (χ1) is 12.0. The molecule has 1 saturated heterocycles. The highest BCUT2D eigenvalue weighted by Crippen LogP contribution is 2.37. The van der Waals surface area contributed by atoms with Crippen molar-refractivity contribution >= 4 is 40.9 Å². The largest absolute Gasteiger partial charge is 0.414 e. The second-order valence-corrected chi connectivity index (χ2v) is 15.6. The lowest BCUT2D eigenvalue weighted by molar-refractivity contribution is 0.0542. The van der Waals surface area contributed by atoms with Crippen LogP contribution < -0.4 is 0 Å². The van der Waals surface area contributed by atoms with Crippen LogP contribution in [0.25, 0.3) is 0 Å². The van der Waals surface area contributed by atoms with E-state index in [1.165, 1.54) is 0 Å². The zero-order valence-corrected chi connectivity index (χ0v) is 20.5. The molecule has 1 aromatic carbocycles. The van der Waals surface area contributed by atoms with E-state index in [4.69, 9.17) is 4.43 Å². The molecule has 1 aliphatic rings. The van der Waals surface area contributed by atoms with Gasteiger partial charge in [-0.15, -0.1) is 0 Å². The highest BCUT2D eigenvalue weighted by atomic mass is 127. The number of nitrogens with zero attached hydrogens (tertiary/aromatic N) is 1. The summed E-state index contributed by atoms with van der Waals surface area (Å²) in [5.74, 6) is 0.110. The normalized spacial score (nSPS) is 26.1. The number of benzene rings is 1. The highest BCUT2D eigenvalue weighted by molar-refractivity contribution is 14.1. The molecular weight excluding hydrogens is 477 g/mol. The Morgan fingerprint density at radius 1 is 1.27 bits per heavy atom. The van der Waals surface area contributed by atoms with E-state index < -0.39 is 18.3 Å². The molecule has 1 aromatic rings. The summed E-state index contributed by atoms with van der Waals surface area (Å²) in [6.45, 7) is 13.1. The van der Waals surface area contributed by atoms with E-state index in [9.17, 15) is 8.42 Å². The van der Waals surface area contributed by atoms with Gasteiger partial charge in [-0.3, -0.25) is 0 Å². The third-order valence-corrected chi connectivity index (χ3v) is 8.89. The van der Waals surface area contributed by atoms with Gasteiger partial charge in [-0.1, -0.05) is 30.7 Å². The Balaban J connectivity index is 2.40. The second-order valence-electron chi connectivity index (χ2n) is 7.96. The molecule has 146 valence electrons. The Bertz CT molecular complexity index is 756. The summed E-state index contributed by atoms with van der Waals surface area (Å²) in [6, 6.07) is 6.95. The van der Waals surface area contributed by atoms with Crippen LogP contribution in [0.15, 0.2) is 38.8 Å². The molecular formula is C19H30INO3SSi. The molecule has 0 N–H and O–H groups in total. The van der Waals surface area contributed by atoms with E-state index in [-0.39, 0.29) is 18.1 Å². The van der Waals surface area contributed by atoms with Crippen LogP contribution in [0.1, 0.15) is 25.8 Å². The zero-order chi connectivity index (χ0) is 19.7. The van der Waals surface area contributed by atoms with Gasteiger partial charge in [-0.05, 0) is 74.6 Å². The van der Waals surface area contributed by atoms with Crippen LogP contribution >= 0.6 is 22.6 Å². The van der Waals surface area contributed by atoms with Gasteiger partial charge < -0.3 is 4.43 Å². The molecule has 2 rings (SSSR count). The van der Waals surface area contributed by atoms with Crippen molar-refractivity contribution in [1.82, 2.24) is 4.31 Å². The lowest BCUT2D eigenvalue weighted by atomic mass is 9.89. The summed E-state index contributed by atoms with van der Waals surface area (Å²) in [5.41, 5.74) is 1.05. The molecule has 4 nitrogen and oxygen atoms in total. The monoisotopic (exact) mass is 507 g/mol. The Hall–Kier alpha value is -0.223. The molecule has 0 unspecified atom stereocenters. The highest BCUT2D eigenvalue weighted by Gasteiger charge is 2.44. The number of hydrogen-bond acceptors (Lipinski definition) is 3. The number of piperidine rings is 1. The minimum absolute atomic E-state index is 0.0980. The predicted molar refractivity (Wildman–Crippen MR) is 119 cm³/mol. The van der Waals surface area contributed by atoms with Crippen LogP contribution in [0.3, 0.4) is 0 Å². The first-order valence-electron chi connectivity index (χ1n) is 9.05. The van der Waals surface area contributed by atoms with Gasteiger partial charge in [0.05, 0.1) is 17.0 Å². The summed E-state index contributed by atoms with van der Waals surface area (Å²) >= 11 is 2.28. The number of rotatable bonds is 5. The van der Waals surface area contributed by atoms with Gasteiger partial charge in [0.25, 0.3) is 0 Å². The van der Waals surface area contributed by atoms with Crippen molar-refractivity contribution in [3.8, 4) is 0 Å². The number of halogens is 1. The maximum atomic E-state index is 13.3. The summed E-state index contributed by atoms with van der Waals surface area (Å²) in [4.78, 5) is 0.366. The fraction of sp³-hybridized carbons (Fsp3) is 0.579. The Morgan fingerprint density at radius 2 is 1.85 bits per heavy atom. The maximum Gasteiger partial charge on any atom is 0.243 e. The van der Waals surface area contributed by atoms with Crippen LogP contribution in [0.2, 0.25) is 19.6 Å². The topological polar surface area (TPSA) is 46.6 Å². The van der Waals surface area contributed by atoms with E-state index in [0.29, 0.717) is 11.4 Å². The van der Waals surface area contributed by atoms with Gasteiger partial charge in [-0.25, -0.2) is 8.42 Å². The molecule has 3 atom stereocenters. The van der Waals surface area contributed by atoms with Gasteiger partial charge in [0.2, 0.25) is 10.0 Å². The SMILES string of the molecule is C/C=C(\I)[C@H]1[C@H](C)[C@@H](O[Si](C)(C)C)CCN1S(=O)(=O)c1ccc(C)cc1. The quantitative estimate of drug-likeness (QED) is 0.419.